The van der Waals surface area contributed by atoms with Crippen LogP contribution in [0.5, 0.6) is 5.75 Å². The van der Waals surface area contributed by atoms with Gasteiger partial charge in [-0.15, -0.1) is 0 Å². The number of likely N-dealkylation sites (N-methyl/N-ethyl adjacent to an activating group) is 1. The van der Waals surface area contributed by atoms with E-state index in [0.29, 0.717) is 50.3 Å². The molecular weight excluding hydrogens is 552 g/mol. The van der Waals surface area contributed by atoms with E-state index in [1.807, 2.05) is 0 Å². The second-order valence-electron chi connectivity index (χ2n) is 10.2. The Bertz CT molecular complexity index is 1150. The summed E-state index contributed by atoms with van der Waals surface area (Å²) in [5, 5.41) is 0. The summed E-state index contributed by atoms with van der Waals surface area (Å²) in [5.74, 6) is -1.58. The van der Waals surface area contributed by atoms with Crippen LogP contribution < -0.4 is 4.74 Å². The quantitative estimate of drug-likeness (QED) is 0.202. The minimum absolute atomic E-state index is 0.0517. The van der Waals surface area contributed by atoms with Crippen LogP contribution in [0.1, 0.15) is 37.0 Å². The van der Waals surface area contributed by atoms with E-state index in [4.69, 9.17) is 18.9 Å². The summed E-state index contributed by atoms with van der Waals surface area (Å²) < 4.78 is 20.2. The third-order valence-corrected chi connectivity index (χ3v) is 6.91. The van der Waals surface area contributed by atoms with Crippen LogP contribution in [0.2, 0.25) is 0 Å². The molecule has 0 radical (unpaired) electrons. The van der Waals surface area contributed by atoms with Gasteiger partial charge >= 0.3 is 18.0 Å². The van der Waals surface area contributed by atoms with Crippen LogP contribution in [0.15, 0.2) is 24.3 Å². The molecule has 0 aliphatic carbocycles. The maximum atomic E-state index is 12.9. The van der Waals surface area contributed by atoms with Gasteiger partial charge < -0.3 is 33.6 Å². The number of carbonyl (C=O) groups is 6. The predicted octanol–water partition coefficient (Wildman–Crippen LogP) is 0.534. The fraction of sp³-hybridized carbons (Fsp3) is 0.571. The van der Waals surface area contributed by atoms with Crippen molar-refractivity contribution in [2.24, 2.45) is 0 Å². The smallest absolute Gasteiger partial charge is 0.412 e. The molecule has 230 valence electrons. The van der Waals surface area contributed by atoms with Crippen molar-refractivity contribution < 1.29 is 47.7 Å². The summed E-state index contributed by atoms with van der Waals surface area (Å²) in [4.78, 5) is 78.7. The second kappa shape index (κ2) is 15.1. The van der Waals surface area contributed by atoms with Crippen LogP contribution in [-0.4, -0.2) is 134 Å². The van der Waals surface area contributed by atoms with Gasteiger partial charge in [0.15, 0.2) is 19.0 Å². The summed E-state index contributed by atoms with van der Waals surface area (Å²) in [5.41, 5.74) is 0.402. The fourth-order valence-electron chi connectivity index (χ4n) is 4.55. The lowest BCUT2D eigenvalue weighted by Crippen LogP contribution is -2.56. The first-order valence-electron chi connectivity index (χ1n) is 13.7. The number of likely N-dealkylation sites (tertiary alicyclic amines) is 1. The molecule has 0 aromatic heterocycles. The van der Waals surface area contributed by atoms with Crippen molar-refractivity contribution >= 4 is 35.6 Å². The van der Waals surface area contributed by atoms with E-state index in [2.05, 4.69) is 4.90 Å². The molecule has 2 fully saturated rings. The van der Waals surface area contributed by atoms with Crippen molar-refractivity contribution in [3.63, 3.8) is 0 Å². The van der Waals surface area contributed by atoms with E-state index in [-0.39, 0.29) is 49.9 Å². The highest BCUT2D eigenvalue weighted by Gasteiger charge is 2.33. The molecule has 1 unspecified atom stereocenters. The zero-order valence-corrected chi connectivity index (χ0v) is 24.4. The van der Waals surface area contributed by atoms with Crippen molar-refractivity contribution in [1.29, 1.82) is 0 Å². The molecular formula is C28H38N4O10. The SMILES string of the molecule is CC(=O)OC(C)OC(=O)N1CCC(N2CCN(CC(=O)c3ccc(OCC(=O)OCC(=O)N(C)C)cc3)C(=O)C2)CC1. The molecule has 2 heterocycles. The summed E-state index contributed by atoms with van der Waals surface area (Å²) in [6, 6.07) is 6.34. The zero-order chi connectivity index (χ0) is 30.8. The largest absolute Gasteiger partial charge is 0.482 e. The Hall–Kier alpha value is -4.20. The molecule has 14 heteroatoms. The summed E-state index contributed by atoms with van der Waals surface area (Å²) in [6.07, 6.45) is -0.167. The molecule has 3 rings (SSSR count). The van der Waals surface area contributed by atoms with Crippen molar-refractivity contribution in [3.8, 4) is 5.75 Å². The first-order chi connectivity index (χ1) is 19.9. The molecule has 2 saturated heterocycles. The predicted molar refractivity (Wildman–Crippen MR) is 146 cm³/mol. The number of hydrogen-bond donors (Lipinski definition) is 0. The number of piperidine rings is 1. The molecule has 42 heavy (non-hydrogen) atoms. The Kier molecular flexibility index (Phi) is 11.7. The van der Waals surface area contributed by atoms with Gasteiger partial charge in [0.2, 0.25) is 12.2 Å². The number of ketones is 1. The van der Waals surface area contributed by atoms with Gasteiger partial charge in [0, 0.05) is 65.7 Å². The number of benzene rings is 1. The number of rotatable bonds is 11. The first-order valence-corrected chi connectivity index (χ1v) is 13.7. The number of Topliss-reactive ketones (excluding diaryl/α,β-unsaturated/α-hetero) is 1. The van der Waals surface area contributed by atoms with Gasteiger partial charge in [-0.2, -0.15) is 0 Å². The van der Waals surface area contributed by atoms with Crippen molar-refractivity contribution in [2.45, 2.75) is 39.0 Å². The Labute approximate surface area is 244 Å². The number of carbonyl (C=O) groups excluding carboxylic acids is 6. The van der Waals surface area contributed by atoms with E-state index >= 15 is 0 Å². The molecule has 3 amide bonds. The lowest BCUT2D eigenvalue weighted by molar-refractivity contribution is -0.163. The number of piperazine rings is 1. The topological polar surface area (TPSA) is 152 Å². The first kappa shape index (κ1) is 32.3. The standard InChI is InChI=1S/C28H38N4O10/c1-19(33)41-20(2)42-28(38)30-11-9-22(10-12-30)31-13-14-32(25(35)16-31)15-24(34)21-5-7-23(8-6-21)39-18-27(37)40-17-26(36)29(3)4/h5-8,20,22H,9-18H2,1-4H3. The molecule has 1 aromatic carbocycles. The molecule has 2 aliphatic heterocycles. The highest BCUT2D eigenvalue weighted by molar-refractivity contribution is 5.99. The van der Waals surface area contributed by atoms with Crippen LogP contribution in [-0.2, 0) is 33.4 Å². The number of amides is 3. The fourth-order valence-corrected chi connectivity index (χ4v) is 4.55. The average Bonchev–Trinajstić information content (AvgIpc) is 2.95. The molecule has 0 N–H and O–H groups in total. The number of hydrogen-bond acceptors (Lipinski definition) is 11. The van der Waals surface area contributed by atoms with E-state index in [9.17, 15) is 28.8 Å². The minimum atomic E-state index is -0.963. The normalized spacial score (nSPS) is 16.8. The number of esters is 2. The minimum Gasteiger partial charge on any atom is -0.482 e. The van der Waals surface area contributed by atoms with E-state index in [1.165, 1.54) is 23.6 Å². The zero-order valence-electron chi connectivity index (χ0n) is 24.4. The van der Waals surface area contributed by atoms with Gasteiger partial charge in [0.1, 0.15) is 5.75 Å². The third-order valence-electron chi connectivity index (χ3n) is 6.91. The molecule has 1 atom stereocenters. The summed E-state index contributed by atoms with van der Waals surface area (Å²) in [7, 11) is 3.11. The van der Waals surface area contributed by atoms with Crippen LogP contribution >= 0.6 is 0 Å². The van der Waals surface area contributed by atoms with Crippen LogP contribution in [0, 0.1) is 0 Å². The Balaban J connectivity index is 1.39. The number of nitrogens with zero attached hydrogens (tertiary/aromatic N) is 4. The van der Waals surface area contributed by atoms with Gasteiger partial charge in [-0.3, -0.25) is 24.1 Å². The maximum absolute atomic E-state index is 12.9. The van der Waals surface area contributed by atoms with Gasteiger partial charge in [0.25, 0.3) is 5.91 Å². The summed E-state index contributed by atoms with van der Waals surface area (Å²) in [6.45, 7) is 4.04. The van der Waals surface area contributed by atoms with Gasteiger partial charge in [0.05, 0.1) is 13.1 Å². The van der Waals surface area contributed by atoms with E-state index < -0.39 is 24.3 Å². The Morgan fingerprint density at radius 3 is 2.21 bits per heavy atom. The van der Waals surface area contributed by atoms with E-state index in [0.717, 1.165) is 0 Å². The number of ether oxygens (including phenoxy) is 4. The molecule has 14 nitrogen and oxygen atoms in total. The van der Waals surface area contributed by atoms with Crippen molar-refractivity contribution in [2.75, 3.05) is 66.6 Å². The van der Waals surface area contributed by atoms with Crippen LogP contribution in [0.4, 0.5) is 4.79 Å². The van der Waals surface area contributed by atoms with Crippen molar-refractivity contribution in [1.82, 2.24) is 19.6 Å². The van der Waals surface area contributed by atoms with Gasteiger partial charge in [-0.1, -0.05) is 0 Å². The highest BCUT2D eigenvalue weighted by Crippen LogP contribution is 2.20. The third kappa shape index (κ3) is 9.72. The maximum Gasteiger partial charge on any atom is 0.412 e. The van der Waals surface area contributed by atoms with Crippen LogP contribution in [0.25, 0.3) is 0 Å². The second-order valence-corrected chi connectivity index (χ2v) is 10.2. The lowest BCUT2D eigenvalue weighted by atomic mass is 10.0. The Morgan fingerprint density at radius 2 is 1.62 bits per heavy atom. The van der Waals surface area contributed by atoms with Gasteiger partial charge in [-0.05, 0) is 37.1 Å². The highest BCUT2D eigenvalue weighted by atomic mass is 16.7. The molecule has 0 bridgehead atoms. The van der Waals surface area contributed by atoms with Crippen molar-refractivity contribution in [3.05, 3.63) is 29.8 Å². The molecule has 2 aliphatic rings. The van der Waals surface area contributed by atoms with Crippen LogP contribution in [0.3, 0.4) is 0 Å². The Morgan fingerprint density at radius 1 is 0.952 bits per heavy atom. The molecule has 1 aromatic rings. The molecule has 0 saturated carbocycles. The lowest BCUT2D eigenvalue weighted by Gasteiger charge is -2.42. The monoisotopic (exact) mass is 590 g/mol. The average molecular weight is 591 g/mol. The van der Waals surface area contributed by atoms with E-state index in [1.54, 1.807) is 43.3 Å². The summed E-state index contributed by atoms with van der Waals surface area (Å²) >= 11 is 0. The molecule has 0 spiro atoms. The van der Waals surface area contributed by atoms with Gasteiger partial charge in [-0.25, -0.2) is 9.59 Å².